The fraction of sp³-hybridized carbons (Fsp3) is 0.350. The molecule has 0 atom stereocenters. The van der Waals surface area contributed by atoms with E-state index >= 15 is 0 Å². The lowest BCUT2D eigenvalue weighted by molar-refractivity contribution is 0.415. The van der Waals surface area contributed by atoms with Gasteiger partial charge in [0.1, 0.15) is 10.7 Å². The summed E-state index contributed by atoms with van der Waals surface area (Å²) in [4.78, 5) is 0.734. The van der Waals surface area contributed by atoms with E-state index in [-0.39, 0.29) is 0 Å². The van der Waals surface area contributed by atoms with Gasteiger partial charge in [-0.1, -0.05) is 43.6 Å². The van der Waals surface area contributed by atoms with E-state index in [4.69, 9.17) is 17.0 Å². The summed E-state index contributed by atoms with van der Waals surface area (Å²) in [5.41, 5.74) is 3.51. The molecular weight excluding hydrogens is 302 g/mol. The number of ether oxygens (including phenoxy) is 1. The number of thiocarbonyl (C=S) groups is 1. The highest BCUT2D eigenvalue weighted by Gasteiger charge is 2.15. The molecule has 2 aromatic rings. The Morgan fingerprint density at radius 3 is 2.22 bits per heavy atom. The topological polar surface area (TPSA) is 21.3 Å². The van der Waals surface area contributed by atoms with E-state index in [1.54, 1.807) is 7.11 Å². The van der Waals surface area contributed by atoms with E-state index in [1.807, 2.05) is 24.3 Å². The predicted octanol–water partition coefficient (Wildman–Crippen LogP) is 5.53. The van der Waals surface area contributed by atoms with E-state index in [1.165, 1.54) is 37.7 Å². The van der Waals surface area contributed by atoms with Crippen LogP contribution in [-0.4, -0.2) is 12.1 Å². The molecule has 2 nitrogen and oxygen atoms in total. The van der Waals surface area contributed by atoms with Crippen LogP contribution in [0.1, 0.15) is 49.1 Å². The Balaban J connectivity index is 1.63. The quantitative estimate of drug-likeness (QED) is 0.747. The molecule has 3 heteroatoms. The van der Waals surface area contributed by atoms with Crippen molar-refractivity contribution in [3.8, 4) is 5.75 Å². The van der Waals surface area contributed by atoms with Crippen molar-refractivity contribution in [2.24, 2.45) is 0 Å². The minimum absolute atomic E-state index is 0.734. The first kappa shape index (κ1) is 16.0. The first-order valence-corrected chi connectivity index (χ1v) is 8.72. The van der Waals surface area contributed by atoms with Gasteiger partial charge >= 0.3 is 0 Å². The van der Waals surface area contributed by atoms with Crippen molar-refractivity contribution in [1.29, 1.82) is 0 Å². The molecule has 0 aliphatic heterocycles. The molecule has 23 heavy (non-hydrogen) atoms. The maximum atomic E-state index is 5.49. The Morgan fingerprint density at radius 2 is 1.61 bits per heavy atom. The van der Waals surface area contributed by atoms with Gasteiger partial charge in [-0.15, -0.1) is 0 Å². The largest absolute Gasteiger partial charge is 0.497 e. The molecular formula is C20H23NOS. The van der Waals surface area contributed by atoms with E-state index in [9.17, 15) is 0 Å². The van der Waals surface area contributed by atoms with Crippen molar-refractivity contribution in [1.82, 2.24) is 0 Å². The fourth-order valence-electron chi connectivity index (χ4n) is 3.22. The highest BCUT2D eigenvalue weighted by molar-refractivity contribution is 7.81. The smallest absolute Gasteiger partial charge is 0.118 e. The highest BCUT2D eigenvalue weighted by atomic mass is 32.1. The maximum Gasteiger partial charge on any atom is 0.118 e. The van der Waals surface area contributed by atoms with Crippen molar-refractivity contribution in [2.45, 2.75) is 38.0 Å². The van der Waals surface area contributed by atoms with E-state index < -0.39 is 0 Å². The van der Waals surface area contributed by atoms with Crippen LogP contribution in [0.25, 0.3) is 0 Å². The van der Waals surface area contributed by atoms with Crippen molar-refractivity contribution >= 4 is 22.9 Å². The highest BCUT2D eigenvalue weighted by Crippen LogP contribution is 2.33. The van der Waals surface area contributed by atoms with Gasteiger partial charge in [-0.05, 0) is 60.7 Å². The third-order valence-electron chi connectivity index (χ3n) is 4.60. The summed E-state index contributed by atoms with van der Waals surface area (Å²) in [5.74, 6) is 1.58. The number of hydrogen-bond acceptors (Lipinski definition) is 2. The summed E-state index contributed by atoms with van der Waals surface area (Å²) >= 11 is 5.49. The van der Waals surface area contributed by atoms with E-state index in [0.717, 1.165) is 27.9 Å². The van der Waals surface area contributed by atoms with Crippen molar-refractivity contribution in [3.05, 3.63) is 59.7 Å². The van der Waals surface area contributed by atoms with Gasteiger partial charge in [0.05, 0.1) is 7.11 Å². The number of benzene rings is 2. The fourth-order valence-corrected chi connectivity index (χ4v) is 3.47. The minimum Gasteiger partial charge on any atom is -0.497 e. The molecule has 1 N–H and O–H groups in total. The van der Waals surface area contributed by atoms with Crippen molar-refractivity contribution in [3.63, 3.8) is 0 Å². The van der Waals surface area contributed by atoms with Crippen molar-refractivity contribution in [2.75, 3.05) is 12.4 Å². The molecule has 0 spiro atoms. The standard InChI is InChI=1S/C20H23NOS/c1-22-19-13-9-17(10-14-19)20(23)21-18-11-7-16(8-12-18)15-5-3-2-4-6-15/h7-15H,2-6H2,1H3,(H,21,23). The maximum absolute atomic E-state index is 5.49. The van der Waals surface area contributed by atoms with Crippen LogP contribution in [0.2, 0.25) is 0 Å². The summed E-state index contributed by atoms with van der Waals surface area (Å²) < 4.78 is 5.17. The molecule has 1 aliphatic carbocycles. The summed E-state index contributed by atoms with van der Waals surface area (Å²) in [6.07, 6.45) is 6.79. The van der Waals surface area contributed by atoms with Crippen molar-refractivity contribution < 1.29 is 4.74 Å². The summed E-state index contributed by atoms with van der Waals surface area (Å²) in [7, 11) is 1.67. The van der Waals surface area contributed by atoms with Gasteiger partial charge in [0.15, 0.2) is 0 Å². The van der Waals surface area contributed by atoms with Gasteiger partial charge in [0, 0.05) is 11.3 Å². The zero-order valence-corrected chi connectivity index (χ0v) is 14.4. The number of rotatable bonds is 4. The molecule has 0 radical (unpaired) electrons. The molecule has 0 unspecified atom stereocenters. The third kappa shape index (κ3) is 4.11. The Labute approximate surface area is 143 Å². The lowest BCUT2D eigenvalue weighted by Gasteiger charge is -2.22. The van der Waals surface area contributed by atoms with Crippen LogP contribution in [0.4, 0.5) is 5.69 Å². The number of nitrogens with one attached hydrogen (secondary N) is 1. The second kappa shape index (κ2) is 7.60. The van der Waals surface area contributed by atoms with Crippen LogP contribution >= 0.6 is 12.2 Å². The first-order chi connectivity index (χ1) is 11.3. The second-order valence-corrected chi connectivity index (χ2v) is 6.55. The van der Waals surface area contributed by atoms with Crippen LogP contribution < -0.4 is 10.1 Å². The first-order valence-electron chi connectivity index (χ1n) is 8.31. The average molecular weight is 325 g/mol. The molecule has 0 aromatic heterocycles. The minimum atomic E-state index is 0.734. The van der Waals surface area contributed by atoms with Gasteiger partial charge in [0.2, 0.25) is 0 Å². The molecule has 2 aromatic carbocycles. The molecule has 0 saturated heterocycles. The Bertz CT molecular complexity index is 642. The Hall–Kier alpha value is -1.87. The number of methoxy groups -OCH3 is 1. The SMILES string of the molecule is COc1ccc(C(=S)Nc2ccc(C3CCCCC3)cc2)cc1. The molecule has 1 aliphatic rings. The molecule has 0 heterocycles. The molecule has 1 saturated carbocycles. The van der Waals surface area contributed by atoms with E-state index in [0.29, 0.717) is 0 Å². The lowest BCUT2D eigenvalue weighted by atomic mass is 9.84. The molecule has 120 valence electrons. The number of hydrogen-bond donors (Lipinski definition) is 1. The van der Waals surface area contributed by atoms with Crippen LogP contribution in [-0.2, 0) is 0 Å². The van der Waals surface area contributed by atoms with Crippen LogP contribution in [0.5, 0.6) is 5.75 Å². The summed E-state index contributed by atoms with van der Waals surface area (Å²) in [6, 6.07) is 16.6. The normalized spacial score (nSPS) is 15.2. The van der Waals surface area contributed by atoms with Gasteiger partial charge in [-0.2, -0.15) is 0 Å². The molecule has 1 fully saturated rings. The average Bonchev–Trinajstić information content (AvgIpc) is 2.63. The van der Waals surface area contributed by atoms with Crippen LogP contribution in [0, 0.1) is 0 Å². The zero-order valence-electron chi connectivity index (χ0n) is 13.5. The molecule has 3 rings (SSSR count). The van der Waals surface area contributed by atoms with Gasteiger partial charge < -0.3 is 10.1 Å². The van der Waals surface area contributed by atoms with Crippen LogP contribution in [0.15, 0.2) is 48.5 Å². The third-order valence-corrected chi connectivity index (χ3v) is 4.94. The predicted molar refractivity (Wildman–Crippen MR) is 101 cm³/mol. The molecule has 0 amide bonds. The van der Waals surface area contributed by atoms with Gasteiger partial charge in [-0.25, -0.2) is 0 Å². The summed E-state index contributed by atoms with van der Waals surface area (Å²) in [5, 5.41) is 3.32. The monoisotopic (exact) mass is 325 g/mol. The Morgan fingerprint density at radius 1 is 0.957 bits per heavy atom. The van der Waals surface area contributed by atoms with Crippen LogP contribution in [0.3, 0.4) is 0 Å². The zero-order chi connectivity index (χ0) is 16.1. The summed E-state index contributed by atoms with van der Waals surface area (Å²) in [6.45, 7) is 0. The Kier molecular flexibility index (Phi) is 5.29. The second-order valence-electron chi connectivity index (χ2n) is 6.14. The molecule has 0 bridgehead atoms. The number of anilines is 1. The van der Waals surface area contributed by atoms with Gasteiger partial charge in [-0.3, -0.25) is 0 Å². The lowest BCUT2D eigenvalue weighted by Crippen LogP contribution is -2.10. The van der Waals surface area contributed by atoms with Gasteiger partial charge in [0.25, 0.3) is 0 Å². The van der Waals surface area contributed by atoms with E-state index in [2.05, 4.69) is 29.6 Å².